The average molecular weight is 357 g/mol. The average Bonchev–Trinajstić information content (AvgIpc) is 2.65. The zero-order valence-electron chi connectivity index (χ0n) is 13.9. The van der Waals surface area contributed by atoms with E-state index in [-0.39, 0.29) is 18.1 Å². The molecule has 1 atom stereocenters. The highest BCUT2D eigenvalue weighted by Crippen LogP contribution is 2.19. The molecule has 6 heteroatoms. The van der Waals surface area contributed by atoms with Crippen molar-refractivity contribution in [2.24, 2.45) is 0 Å². The van der Waals surface area contributed by atoms with E-state index >= 15 is 0 Å². The summed E-state index contributed by atoms with van der Waals surface area (Å²) in [5.74, 6) is -0.852. The minimum Gasteiger partial charge on any atom is -0.452 e. The van der Waals surface area contributed by atoms with Gasteiger partial charge in [0, 0.05) is 19.3 Å². The highest BCUT2D eigenvalue weighted by Gasteiger charge is 2.22. The molecule has 3 rings (SSSR count). The lowest BCUT2D eigenvalue weighted by molar-refractivity contribution is -0.135. The first-order valence-corrected chi connectivity index (χ1v) is 9.56. The Hall–Kier alpha value is -2.47. The van der Waals surface area contributed by atoms with Crippen LogP contribution >= 0.6 is 0 Å². The van der Waals surface area contributed by atoms with Crippen molar-refractivity contribution in [1.29, 1.82) is 0 Å². The molecule has 1 heterocycles. The molecule has 2 aromatic rings. The summed E-state index contributed by atoms with van der Waals surface area (Å²) in [5, 5.41) is 0. The van der Waals surface area contributed by atoms with Gasteiger partial charge >= 0.3 is 5.97 Å². The third-order valence-corrected chi connectivity index (χ3v) is 5.20. The number of esters is 1. The summed E-state index contributed by atoms with van der Waals surface area (Å²) in [6.07, 6.45) is 2.30. The number of carbonyl (C=O) groups is 2. The maximum absolute atomic E-state index is 12.4. The normalized spacial score (nSPS) is 14.5. The van der Waals surface area contributed by atoms with E-state index < -0.39 is 16.8 Å². The number of ether oxygens (including phenoxy) is 1. The number of carbonyl (C=O) groups excluding carboxylic acids is 2. The van der Waals surface area contributed by atoms with Crippen LogP contribution in [0.3, 0.4) is 0 Å². The first-order chi connectivity index (χ1) is 12.1. The summed E-state index contributed by atoms with van der Waals surface area (Å²) < 4.78 is 16.9. The number of hydrogen-bond acceptors (Lipinski definition) is 4. The van der Waals surface area contributed by atoms with Gasteiger partial charge in [0.1, 0.15) is 0 Å². The predicted molar refractivity (Wildman–Crippen MR) is 94.6 cm³/mol. The van der Waals surface area contributed by atoms with Crippen LogP contribution in [0.5, 0.6) is 0 Å². The second-order valence-corrected chi connectivity index (χ2v) is 7.21. The number of fused-ring (bicyclic) bond motifs is 1. The van der Waals surface area contributed by atoms with Gasteiger partial charge < -0.3 is 9.64 Å². The molecule has 2 aromatic carbocycles. The summed E-state index contributed by atoms with van der Waals surface area (Å²) in [6, 6.07) is 14.6. The Morgan fingerprint density at radius 3 is 2.52 bits per heavy atom. The van der Waals surface area contributed by atoms with Crippen molar-refractivity contribution in [3.05, 3.63) is 65.2 Å². The highest BCUT2D eigenvalue weighted by molar-refractivity contribution is 7.84. The van der Waals surface area contributed by atoms with Crippen molar-refractivity contribution in [3.8, 4) is 0 Å². The summed E-state index contributed by atoms with van der Waals surface area (Å²) in [4.78, 5) is 26.7. The molecule has 0 aromatic heterocycles. The van der Waals surface area contributed by atoms with Gasteiger partial charge in [-0.25, -0.2) is 4.79 Å². The number of amides is 1. The van der Waals surface area contributed by atoms with Crippen LogP contribution in [0.4, 0.5) is 0 Å². The molecular weight excluding hydrogens is 338 g/mol. The minimum atomic E-state index is -1.30. The fourth-order valence-corrected chi connectivity index (χ4v) is 3.62. The van der Waals surface area contributed by atoms with Gasteiger partial charge in [0.05, 0.1) is 21.3 Å². The van der Waals surface area contributed by atoms with E-state index in [9.17, 15) is 13.8 Å². The van der Waals surface area contributed by atoms with Crippen LogP contribution in [0.1, 0.15) is 21.5 Å². The third kappa shape index (κ3) is 3.96. The van der Waals surface area contributed by atoms with Crippen molar-refractivity contribution in [2.75, 3.05) is 19.4 Å². The molecule has 0 saturated heterocycles. The molecule has 0 unspecified atom stereocenters. The van der Waals surface area contributed by atoms with Crippen LogP contribution in [0.2, 0.25) is 0 Å². The molecule has 25 heavy (non-hydrogen) atoms. The fourth-order valence-electron chi connectivity index (χ4n) is 2.89. The number of hydrogen-bond donors (Lipinski definition) is 0. The zero-order chi connectivity index (χ0) is 17.8. The molecule has 0 radical (unpaired) electrons. The summed E-state index contributed by atoms with van der Waals surface area (Å²) in [7, 11) is -1.30. The molecule has 0 fully saturated rings. The minimum absolute atomic E-state index is 0.224. The van der Waals surface area contributed by atoms with Crippen molar-refractivity contribution in [1.82, 2.24) is 4.90 Å². The van der Waals surface area contributed by atoms with Crippen LogP contribution < -0.4 is 0 Å². The number of rotatable bonds is 4. The lowest BCUT2D eigenvalue weighted by Gasteiger charge is -2.28. The van der Waals surface area contributed by atoms with E-state index in [1.165, 1.54) is 11.8 Å². The molecule has 5 nitrogen and oxygen atoms in total. The Bertz CT molecular complexity index is 834. The standard InChI is InChI=1S/C19H19NO4S/c1-25(23)17-9-5-4-8-16(17)19(22)24-13-18(21)20-11-10-14-6-2-3-7-15(14)12-20/h2-9H,10-13H2,1H3/t25-/m0/s1. The van der Waals surface area contributed by atoms with E-state index in [2.05, 4.69) is 6.07 Å². The van der Waals surface area contributed by atoms with Gasteiger partial charge in [-0.1, -0.05) is 36.4 Å². The maximum Gasteiger partial charge on any atom is 0.339 e. The Morgan fingerprint density at radius 2 is 1.76 bits per heavy atom. The van der Waals surface area contributed by atoms with Gasteiger partial charge in [0.15, 0.2) is 6.61 Å². The van der Waals surface area contributed by atoms with Crippen LogP contribution in [0.15, 0.2) is 53.4 Å². The van der Waals surface area contributed by atoms with Crippen molar-refractivity contribution in [2.45, 2.75) is 17.9 Å². The van der Waals surface area contributed by atoms with E-state index in [4.69, 9.17) is 4.74 Å². The Balaban J connectivity index is 1.62. The van der Waals surface area contributed by atoms with Crippen molar-refractivity contribution >= 4 is 22.7 Å². The largest absolute Gasteiger partial charge is 0.452 e. The number of nitrogens with zero attached hydrogens (tertiary/aromatic N) is 1. The van der Waals surface area contributed by atoms with Gasteiger partial charge in [-0.05, 0) is 29.7 Å². The Morgan fingerprint density at radius 1 is 1.08 bits per heavy atom. The summed E-state index contributed by atoms with van der Waals surface area (Å²) in [5.41, 5.74) is 2.61. The molecule has 130 valence electrons. The zero-order valence-corrected chi connectivity index (χ0v) is 14.8. The summed E-state index contributed by atoms with van der Waals surface area (Å²) >= 11 is 0. The molecule has 1 amide bonds. The number of benzene rings is 2. The quantitative estimate of drug-likeness (QED) is 0.787. The Labute approximate surface area is 149 Å². The lowest BCUT2D eigenvalue weighted by Crippen LogP contribution is -2.38. The van der Waals surface area contributed by atoms with Gasteiger partial charge in [-0.3, -0.25) is 9.00 Å². The van der Waals surface area contributed by atoms with Gasteiger partial charge in [0.25, 0.3) is 5.91 Å². The van der Waals surface area contributed by atoms with Crippen LogP contribution in [-0.4, -0.2) is 40.4 Å². The second kappa shape index (κ2) is 7.61. The first-order valence-electron chi connectivity index (χ1n) is 8.00. The highest BCUT2D eigenvalue weighted by atomic mass is 32.2. The SMILES string of the molecule is C[S@](=O)c1ccccc1C(=O)OCC(=O)N1CCc2ccccc2C1. The maximum atomic E-state index is 12.4. The fraction of sp³-hybridized carbons (Fsp3) is 0.263. The second-order valence-electron chi connectivity index (χ2n) is 5.86. The molecule has 0 spiro atoms. The molecular formula is C19H19NO4S. The summed E-state index contributed by atoms with van der Waals surface area (Å²) in [6.45, 7) is 0.830. The monoisotopic (exact) mass is 357 g/mol. The van der Waals surface area contributed by atoms with Gasteiger partial charge in [-0.2, -0.15) is 0 Å². The van der Waals surface area contributed by atoms with Crippen molar-refractivity contribution < 1.29 is 18.5 Å². The van der Waals surface area contributed by atoms with E-state index in [1.807, 2.05) is 18.2 Å². The van der Waals surface area contributed by atoms with E-state index in [1.54, 1.807) is 29.2 Å². The third-order valence-electron chi connectivity index (χ3n) is 4.23. The Kier molecular flexibility index (Phi) is 5.28. The molecule has 1 aliphatic heterocycles. The van der Waals surface area contributed by atoms with Crippen LogP contribution in [0, 0.1) is 0 Å². The van der Waals surface area contributed by atoms with Crippen molar-refractivity contribution in [3.63, 3.8) is 0 Å². The first kappa shape index (κ1) is 17.4. The van der Waals surface area contributed by atoms with Crippen LogP contribution in [-0.2, 0) is 33.3 Å². The van der Waals surface area contributed by atoms with Gasteiger partial charge in [-0.15, -0.1) is 0 Å². The smallest absolute Gasteiger partial charge is 0.339 e. The molecule has 0 N–H and O–H groups in total. The predicted octanol–water partition coefficient (Wildman–Crippen LogP) is 2.17. The molecule has 0 saturated carbocycles. The van der Waals surface area contributed by atoms with Gasteiger partial charge in [0.2, 0.25) is 0 Å². The molecule has 0 aliphatic carbocycles. The molecule has 1 aliphatic rings. The van der Waals surface area contributed by atoms with Crippen LogP contribution in [0.25, 0.3) is 0 Å². The van der Waals surface area contributed by atoms with E-state index in [0.29, 0.717) is 18.0 Å². The lowest BCUT2D eigenvalue weighted by atomic mass is 10.00. The molecule has 0 bridgehead atoms. The topological polar surface area (TPSA) is 63.7 Å². The van der Waals surface area contributed by atoms with E-state index in [0.717, 1.165) is 12.0 Å².